The summed E-state index contributed by atoms with van der Waals surface area (Å²) >= 11 is 5.88. The predicted molar refractivity (Wildman–Crippen MR) is 129 cm³/mol. The third kappa shape index (κ3) is 5.78. The minimum Gasteiger partial charge on any atom is -0.490 e. The van der Waals surface area contributed by atoms with E-state index >= 15 is 0 Å². The van der Waals surface area contributed by atoms with Crippen LogP contribution >= 0.6 is 11.6 Å². The molecule has 2 heterocycles. The lowest BCUT2D eigenvalue weighted by molar-refractivity contribution is -0.114. The van der Waals surface area contributed by atoms with E-state index in [1.165, 1.54) is 43.8 Å². The topological polar surface area (TPSA) is 79.4 Å². The average molecular weight is 488 g/mol. The lowest BCUT2D eigenvalue weighted by Gasteiger charge is -2.26. The normalized spacial score (nSPS) is 14.1. The number of rotatable bonds is 8. The van der Waals surface area contributed by atoms with Gasteiger partial charge >= 0.3 is 0 Å². The molecule has 1 amide bonds. The third-order valence-electron chi connectivity index (χ3n) is 5.53. The Morgan fingerprint density at radius 3 is 2.71 bits per heavy atom. The first-order valence-corrected chi connectivity index (χ1v) is 11.3. The molecule has 1 aliphatic rings. The molecule has 178 valence electrons. The van der Waals surface area contributed by atoms with Crippen LogP contribution in [0.5, 0.6) is 5.75 Å². The van der Waals surface area contributed by atoms with E-state index in [1.54, 1.807) is 12.1 Å². The molecule has 1 aliphatic heterocycles. The highest BCUT2D eigenvalue weighted by atomic mass is 35.5. The highest BCUT2D eigenvalue weighted by Crippen LogP contribution is 2.34. The fourth-order valence-corrected chi connectivity index (χ4v) is 3.95. The number of piperidine rings is 1. The van der Waals surface area contributed by atoms with Crippen LogP contribution in [0.1, 0.15) is 19.3 Å². The van der Waals surface area contributed by atoms with Gasteiger partial charge < -0.3 is 15.4 Å². The summed E-state index contributed by atoms with van der Waals surface area (Å²) < 4.78 is 32.9. The number of fused-ring (bicyclic) bond motifs is 1. The van der Waals surface area contributed by atoms with Gasteiger partial charge in [0.05, 0.1) is 16.2 Å². The van der Waals surface area contributed by atoms with E-state index in [4.69, 9.17) is 16.3 Å². The number of hydrogen-bond donors (Lipinski definition) is 2. The molecular weight excluding hydrogens is 464 g/mol. The SMILES string of the molecule is C=C(F)C(=O)Nc1cc2c(Nc3ccc(F)c(Cl)c3)ncnc2cc1OCCN1CCCCC1. The van der Waals surface area contributed by atoms with Crippen molar-refractivity contribution in [3.05, 3.63) is 59.9 Å². The zero-order valence-electron chi connectivity index (χ0n) is 18.4. The molecule has 1 aromatic heterocycles. The van der Waals surface area contributed by atoms with Crippen LogP contribution in [0.3, 0.4) is 0 Å². The monoisotopic (exact) mass is 487 g/mol. The summed E-state index contributed by atoms with van der Waals surface area (Å²) in [7, 11) is 0. The number of hydrogen-bond acceptors (Lipinski definition) is 6. The second-order valence-corrected chi connectivity index (χ2v) is 8.36. The number of carbonyl (C=O) groups is 1. The Kier molecular flexibility index (Phi) is 7.54. The molecule has 2 N–H and O–H groups in total. The third-order valence-corrected chi connectivity index (χ3v) is 5.82. The van der Waals surface area contributed by atoms with Crippen molar-refractivity contribution in [2.24, 2.45) is 0 Å². The van der Waals surface area contributed by atoms with Crippen molar-refractivity contribution in [2.45, 2.75) is 19.3 Å². The minimum absolute atomic E-state index is 0.0397. The molecule has 0 saturated carbocycles. The molecule has 1 saturated heterocycles. The van der Waals surface area contributed by atoms with E-state index in [0.29, 0.717) is 34.8 Å². The summed E-state index contributed by atoms with van der Waals surface area (Å²) in [5, 5.41) is 6.06. The Hall–Kier alpha value is -3.30. The first-order chi connectivity index (χ1) is 16.4. The lowest BCUT2D eigenvalue weighted by atomic mass is 10.1. The van der Waals surface area contributed by atoms with Crippen molar-refractivity contribution in [1.29, 1.82) is 0 Å². The number of ether oxygens (including phenoxy) is 1. The fraction of sp³-hybridized carbons (Fsp3) is 0.292. The number of benzene rings is 2. The van der Waals surface area contributed by atoms with Crippen LogP contribution in [0, 0.1) is 5.82 Å². The van der Waals surface area contributed by atoms with E-state index in [0.717, 1.165) is 19.6 Å². The summed E-state index contributed by atoms with van der Waals surface area (Å²) in [6.45, 7) is 6.25. The summed E-state index contributed by atoms with van der Waals surface area (Å²) in [4.78, 5) is 22.9. The van der Waals surface area contributed by atoms with Crippen LogP contribution in [-0.2, 0) is 4.79 Å². The molecule has 34 heavy (non-hydrogen) atoms. The van der Waals surface area contributed by atoms with Gasteiger partial charge in [-0.15, -0.1) is 0 Å². The Morgan fingerprint density at radius 1 is 1.18 bits per heavy atom. The van der Waals surface area contributed by atoms with Gasteiger partial charge in [-0.25, -0.2) is 18.7 Å². The van der Waals surface area contributed by atoms with Gasteiger partial charge in [0.1, 0.15) is 30.3 Å². The highest BCUT2D eigenvalue weighted by molar-refractivity contribution is 6.31. The number of aromatic nitrogens is 2. The zero-order valence-corrected chi connectivity index (χ0v) is 19.2. The highest BCUT2D eigenvalue weighted by Gasteiger charge is 2.16. The van der Waals surface area contributed by atoms with Gasteiger partial charge in [-0.2, -0.15) is 0 Å². The molecule has 0 unspecified atom stereocenters. The average Bonchev–Trinajstić information content (AvgIpc) is 2.82. The van der Waals surface area contributed by atoms with E-state index in [-0.39, 0.29) is 10.7 Å². The van der Waals surface area contributed by atoms with Crippen molar-refractivity contribution < 1.29 is 18.3 Å². The van der Waals surface area contributed by atoms with Gasteiger partial charge in [0.25, 0.3) is 5.91 Å². The predicted octanol–water partition coefficient (Wildman–Crippen LogP) is 5.45. The van der Waals surface area contributed by atoms with E-state index < -0.39 is 17.6 Å². The molecule has 3 aromatic rings. The van der Waals surface area contributed by atoms with Gasteiger partial charge in [0.2, 0.25) is 0 Å². The number of nitrogens with one attached hydrogen (secondary N) is 2. The first-order valence-electron chi connectivity index (χ1n) is 10.9. The maximum Gasteiger partial charge on any atom is 0.283 e. The summed E-state index contributed by atoms with van der Waals surface area (Å²) in [5.74, 6) is -1.89. The maximum atomic E-state index is 13.5. The van der Waals surface area contributed by atoms with Crippen molar-refractivity contribution >= 4 is 45.6 Å². The molecule has 0 radical (unpaired) electrons. The van der Waals surface area contributed by atoms with Gasteiger partial charge in [-0.1, -0.05) is 24.6 Å². The fourth-order valence-electron chi connectivity index (χ4n) is 3.77. The summed E-state index contributed by atoms with van der Waals surface area (Å²) in [5.41, 5.74) is 1.30. The van der Waals surface area contributed by atoms with Gasteiger partial charge in [-0.3, -0.25) is 9.69 Å². The van der Waals surface area contributed by atoms with Crippen LogP contribution in [0.25, 0.3) is 10.9 Å². The van der Waals surface area contributed by atoms with Crippen LogP contribution in [0.15, 0.2) is 49.1 Å². The summed E-state index contributed by atoms with van der Waals surface area (Å²) in [6.07, 6.45) is 4.95. The van der Waals surface area contributed by atoms with Crippen LogP contribution in [0.2, 0.25) is 5.02 Å². The lowest BCUT2D eigenvalue weighted by Crippen LogP contribution is -2.33. The molecule has 10 heteroatoms. The number of likely N-dealkylation sites (tertiary alicyclic amines) is 1. The van der Waals surface area contributed by atoms with Gasteiger partial charge in [0, 0.05) is 23.7 Å². The second-order valence-electron chi connectivity index (χ2n) is 7.95. The van der Waals surface area contributed by atoms with Crippen molar-refractivity contribution in [3.8, 4) is 5.75 Å². The molecule has 7 nitrogen and oxygen atoms in total. The number of carbonyl (C=O) groups excluding carboxylic acids is 1. The largest absolute Gasteiger partial charge is 0.490 e. The van der Waals surface area contributed by atoms with Crippen LogP contribution in [0.4, 0.5) is 26.0 Å². The summed E-state index contributed by atoms with van der Waals surface area (Å²) in [6, 6.07) is 7.44. The Morgan fingerprint density at radius 2 is 1.97 bits per heavy atom. The van der Waals surface area contributed by atoms with Gasteiger partial charge in [-0.05, 0) is 50.2 Å². The van der Waals surface area contributed by atoms with Crippen molar-refractivity contribution in [2.75, 3.05) is 36.9 Å². The number of amides is 1. The molecule has 1 fully saturated rings. The Labute approximate surface area is 200 Å². The van der Waals surface area contributed by atoms with Crippen molar-refractivity contribution in [1.82, 2.24) is 14.9 Å². The molecular formula is C24H24ClF2N5O2. The second kappa shape index (κ2) is 10.8. The molecule has 0 spiro atoms. The Bertz CT molecular complexity index is 1220. The Balaban J connectivity index is 1.63. The molecule has 2 aromatic carbocycles. The zero-order chi connectivity index (χ0) is 24.1. The minimum atomic E-state index is -1.12. The maximum absolute atomic E-state index is 13.5. The number of anilines is 3. The molecule has 0 atom stereocenters. The van der Waals surface area contributed by atoms with Gasteiger partial charge in [0.15, 0.2) is 5.83 Å². The van der Waals surface area contributed by atoms with Crippen LogP contribution in [-0.4, -0.2) is 47.0 Å². The van der Waals surface area contributed by atoms with E-state index in [9.17, 15) is 13.6 Å². The number of nitrogens with zero attached hydrogens (tertiary/aromatic N) is 3. The van der Waals surface area contributed by atoms with E-state index in [2.05, 4.69) is 32.1 Å². The number of halogens is 3. The molecule has 0 bridgehead atoms. The quantitative estimate of drug-likeness (QED) is 0.411. The van der Waals surface area contributed by atoms with Crippen LogP contribution < -0.4 is 15.4 Å². The first kappa shape index (κ1) is 23.8. The van der Waals surface area contributed by atoms with E-state index in [1.807, 2.05) is 0 Å². The molecule has 0 aliphatic carbocycles. The van der Waals surface area contributed by atoms with Crippen molar-refractivity contribution in [3.63, 3.8) is 0 Å². The molecule has 4 rings (SSSR count). The standard InChI is InChI=1S/C24H24ClF2N5O2/c1-15(26)24(33)31-21-12-17-20(13-22(21)34-10-9-32-7-3-2-4-8-32)28-14-29-23(17)30-16-5-6-19(27)18(25)11-16/h5-6,11-14H,1-4,7-10H2,(H,31,33)(H,28,29,30). The smallest absolute Gasteiger partial charge is 0.283 e.